The largest absolute Gasteiger partial charge is 2.00 e. The van der Waals surface area contributed by atoms with E-state index in [0.717, 1.165) is 38.5 Å². The maximum Gasteiger partial charge on any atom is 2.00 e. The van der Waals surface area contributed by atoms with Crippen molar-refractivity contribution in [3.63, 3.8) is 0 Å². The molecule has 0 rings (SSSR count). The van der Waals surface area contributed by atoms with Crippen LogP contribution in [0.5, 0.6) is 0 Å². The molecule has 2 radical (unpaired) electrons. The van der Waals surface area contributed by atoms with E-state index in [1.807, 2.05) is 0 Å². The Morgan fingerprint density at radius 1 is 0.302 bits per heavy atom. The van der Waals surface area contributed by atoms with E-state index in [0.29, 0.717) is 13.2 Å². The molecule has 0 spiro atoms. The zero-order valence-corrected chi connectivity index (χ0v) is 32.0. The second-order valence-corrected chi connectivity index (χ2v) is 12.3. The van der Waals surface area contributed by atoms with Crippen molar-refractivity contribution in [1.29, 1.82) is 0 Å². The summed E-state index contributed by atoms with van der Waals surface area (Å²) in [6.45, 7) is 0.688. The number of unbranched alkanes of at least 4 members (excludes halogenated alkanes) is 28. The maximum absolute atomic E-state index is 10.2. The van der Waals surface area contributed by atoms with Crippen molar-refractivity contribution in [1.82, 2.24) is 0 Å². The van der Waals surface area contributed by atoms with E-state index in [9.17, 15) is 19.8 Å². The summed E-state index contributed by atoms with van der Waals surface area (Å²) < 4.78 is 0. The minimum Gasteiger partial charge on any atom is -0.550 e. The summed E-state index contributed by atoms with van der Waals surface area (Å²) in [5.41, 5.74) is 0. The second-order valence-electron chi connectivity index (χ2n) is 12.3. The Balaban J connectivity index is -0.000000727. The smallest absolute Gasteiger partial charge is 0.550 e. The molecule has 254 valence electrons. The third-order valence-electron chi connectivity index (χ3n) is 8.08. The maximum atomic E-state index is 10.2. The van der Waals surface area contributed by atoms with E-state index in [1.54, 1.807) is 0 Å². The fourth-order valence-electron chi connectivity index (χ4n) is 5.36. The van der Waals surface area contributed by atoms with E-state index < -0.39 is 11.9 Å². The number of carboxylic acids is 2. The average Bonchev–Trinajstić information content (AvgIpc) is 2.97. The molecule has 7 heteroatoms. The number of aliphatic hydroxyl groups is 2. The van der Waals surface area contributed by atoms with Crippen molar-refractivity contribution in [3.8, 4) is 0 Å². The minimum absolute atomic E-state index is 0. The van der Waals surface area contributed by atoms with E-state index in [4.69, 9.17) is 10.2 Å². The Kier molecular flexibility index (Phi) is 48.2. The average molecular weight is 806 g/mol. The van der Waals surface area contributed by atoms with Crippen molar-refractivity contribution in [2.75, 3.05) is 13.2 Å². The quantitative estimate of drug-likeness (QED) is 0.0512. The van der Waals surface area contributed by atoms with Crippen LogP contribution in [0.25, 0.3) is 0 Å². The third-order valence-corrected chi connectivity index (χ3v) is 8.08. The van der Waals surface area contributed by atoms with Gasteiger partial charge in [0.25, 0.3) is 0 Å². The van der Waals surface area contributed by atoms with Crippen LogP contribution in [0.15, 0.2) is 0 Å². The molecule has 0 aliphatic carbocycles. The van der Waals surface area contributed by atoms with E-state index >= 15 is 0 Å². The van der Waals surface area contributed by atoms with Crippen LogP contribution in [0.2, 0.25) is 0 Å². The molecular formula is C36H70O6Pb. The first-order valence-corrected chi connectivity index (χ1v) is 18.2. The normalized spacial score (nSPS) is 10.7. The van der Waals surface area contributed by atoms with Crippen LogP contribution < -0.4 is 10.2 Å². The van der Waals surface area contributed by atoms with Crippen molar-refractivity contribution in [2.45, 2.75) is 205 Å². The zero-order chi connectivity index (χ0) is 31.2. The summed E-state index contributed by atoms with van der Waals surface area (Å²) in [7, 11) is 0. The summed E-state index contributed by atoms with van der Waals surface area (Å²) in [6, 6.07) is 0. The van der Waals surface area contributed by atoms with Gasteiger partial charge < -0.3 is 30.0 Å². The first kappa shape index (κ1) is 47.2. The van der Waals surface area contributed by atoms with Crippen molar-refractivity contribution >= 4 is 39.2 Å². The van der Waals surface area contributed by atoms with Crippen LogP contribution in [-0.2, 0) is 9.59 Å². The number of carbonyl (C=O) groups excluding carboxylic acids is 2. The molecule has 0 aliphatic rings. The molecule has 6 nitrogen and oxygen atoms in total. The first-order valence-electron chi connectivity index (χ1n) is 18.2. The van der Waals surface area contributed by atoms with Gasteiger partial charge in [-0.05, 0) is 38.5 Å². The molecule has 0 unspecified atom stereocenters. The van der Waals surface area contributed by atoms with Gasteiger partial charge in [-0.3, -0.25) is 0 Å². The van der Waals surface area contributed by atoms with Crippen LogP contribution in [0, 0.1) is 0 Å². The van der Waals surface area contributed by atoms with Crippen molar-refractivity contribution < 1.29 is 30.0 Å². The van der Waals surface area contributed by atoms with Gasteiger partial charge in [0.2, 0.25) is 0 Å². The van der Waals surface area contributed by atoms with Gasteiger partial charge in [0.15, 0.2) is 0 Å². The van der Waals surface area contributed by atoms with Gasteiger partial charge in [-0.25, -0.2) is 0 Å². The molecule has 0 fully saturated rings. The number of aliphatic hydroxyl groups excluding tert-OH is 2. The summed E-state index contributed by atoms with van der Waals surface area (Å²) in [6.07, 6.45) is 37.2. The van der Waals surface area contributed by atoms with Crippen LogP contribution in [0.3, 0.4) is 0 Å². The standard InChI is InChI=1S/2C18H36O3.Pb/c2*19-17-15-13-11-9-7-5-3-1-2-4-6-8-10-12-14-16-18(20)21;/h2*19H,1-17H2,(H,20,21);/q;;+2/p-2. The third kappa shape index (κ3) is 51.6. The molecule has 2 N–H and O–H groups in total. The SMILES string of the molecule is O=C([O-])CCCCCCCCCCCCCCCCCO.O=C([O-])CCCCCCCCCCCCCCCCCO.[Pb+2]. The Bertz CT molecular complexity index is 486. The summed E-state index contributed by atoms with van der Waals surface area (Å²) >= 11 is 0. The fraction of sp³-hybridized carbons (Fsp3) is 0.944. The van der Waals surface area contributed by atoms with Crippen molar-refractivity contribution in [3.05, 3.63) is 0 Å². The Morgan fingerprint density at radius 2 is 0.442 bits per heavy atom. The van der Waals surface area contributed by atoms with E-state index in [-0.39, 0.29) is 40.1 Å². The van der Waals surface area contributed by atoms with E-state index in [1.165, 1.54) is 154 Å². The second kappa shape index (κ2) is 43.9. The molecule has 0 aromatic carbocycles. The predicted octanol–water partition coefficient (Wildman–Crippen LogP) is 7.56. The summed E-state index contributed by atoms with van der Waals surface area (Å²) in [5.74, 6) is -1.83. The molecule has 0 aromatic rings. The number of carboxylic acid groups (broad SMARTS) is 2. The Labute approximate surface area is 286 Å². The predicted molar refractivity (Wildman–Crippen MR) is 178 cm³/mol. The molecular weight excluding hydrogens is 736 g/mol. The molecule has 0 amide bonds. The summed E-state index contributed by atoms with van der Waals surface area (Å²) in [5, 5.41) is 37.8. The number of hydrogen-bond donors (Lipinski definition) is 2. The Morgan fingerprint density at radius 3 is 0.581 bits per heavy atom. The first-order chi connectivity index (χ1) is 20.5. The molecule has 0 atom stereocenters. The van der Waals surface area contributed by atoms with Gasteiger partial charge in [0, 0.05) is 25.2 Å². The van der Waals surface area contributed by atoms with Gasteiger partial charge in [-0.15, -0.1) is 0 Å². The Hall–Kier alpha value is -0.218. The van der Waals surface area contributed by atoms with Gasteiger partial charge in [0.05, 0.1) is 0 Å². The number of carbonyl (C=O) groups is 2. The molecule has 0 aromatic heterocycles. The number of aliphatic carboxylic acids is 2. The summed E-state index contributed by atoms with van der Waals surface area (Å²) in [4.78, 5) is 20.5. The fourth-order valence-corrected chi connectivity index (χ4v) is 5.36. The van der Waals surface area contributed by atoms with Gasteiger partial charge in [-0.1, -0.05) is 167 Å². The molecule has 0 bridgehead atoms. The van der Waals surface area contributed by atoms with Crippen LogP contribution >= 0.6 is 0 Å². The van der Waals surface area contributed by atoms with Crippen LogP contribution in [0.1, 0.15) is 205 Å². The zero-order valence-electron chi connectivity index (χ0n) is 28.1. The van der Waals surface area contributed by atoms with Gasteiger partial charge >= 0.3 is 27.3 Å². The number of rotatable bonds is 34. The monoisotopic (exact) mass is 806 g/mol. The molecule has 43 heavy (non-hydrogen) atoms. The topological polar surface area (TPSA) is 121 Å². The van der Waals surface area contributed by atoms with Crippen LogP contribution in [-0.4, -0.2) is 62.7 Å². The minimum atomic E-state index is -0.914. The molecule has 0 saturated heterocycles. The van der Waals surface area contributed by atoms with Crippen LogP contribution in [0.4, 0.5) is 0 Å². The van der Waals surface area contributed by atoms with Gasteiger partial charge in [0.1, 0.15) is 0 Å². The molecule has 0 heterocycles. The molecule has 0 aliphatic heterocycles. The van der Waals surface area contributed by atoms with Crippen molar-refractivity contribution in [2.24, 2.45) is 0 Å². The van der Waals surface area contributed by atoms with E-state index in [2.05, 4.69) is 0 Å². The molecule has 0 saturated carbocycles. The number of hydrogen-bond acceptors (Lipinski definition) is 6. The van der Waals surface area contributed by atoms with Gasteiger partial charge in [-0.2, -0.15) is 0 Å².